The molecule has 3 aliphatic rings. The first-order valence-electron chi connectivity index (χ1n) is 11.1. The minimum atomic E-state index is -0.943. The average molecular weight is 445 g/mol. The van der Waals surface area contributed by atoms with Crippen molar-refractivity contribution < 1.29 is 19.0 Å². The van der Waals surface area contributed by atoms with Gasteiger partial charge in [0.05, 0.1) is 12.1 Å². The summed E-state index contributed by atoms with van der Waals surface area (Å²) in [4.78, 5) is 15.5. The summed E-state index contributed by atoms with van der Waals surface area (Å²) < 4.78 is 21.7. The van der Waals surface area contributed by atoms with Gasteiger partial charge in [0, 0.05) is 29.4 Å². The van der Waals surface area contributed by atoms with Crippen LogP contribution in [0, 0.1) is 11.7 Å². The first-order valence-corrected chi connectivity index (χ1v) is 11.1. The number of pyridine rings is 1. The number of carboxylic acids is 1. The van der Waals surface area contributed by atoms with E-state index in [2.05, 4.69) is 11.1 Å². The molecule has 0 unspecified atom stereocenters. The fourth-order valence-electron chi connectivity index (χ4n) is 4.85. The third-order valence-corrected chi connectivity index (χ3v) is 6.57. The summed E-state index contributed by atoms with van der Waals surface area (Å²) in [5, 5.41) is 9.18. The van der Waals surface area contributed by atoms with E-state index in [0.717, 1.165) is 35.2 Å². The van der Waals surface area contributed by atoms with Crippen LogP contribution >= 0.6 is 0 Å². The maximum absolute atomic E-state index is 15.7. The second-order valence-corrected chi connectivity index (χ2v) is 8.72. The lowest BCUT2D eigenvalue weighted by atomic mass is 9.70. The van der Waals surface area contributed by atoms with Crippen LogP contribution in [0.4, 0.5) is 4.39 Å². The van der Waals surface area contributed by atoms with Crippen molar-refractivity contribution in [2.24, 2.45) is 11.7 Å². The number of benzene rings is 2. The summed E-state index contributed by atoms with van der Waals surface area (Å²) in [5.41, 5.74) is 11.2. The molecule has 33 heavy (non-hydrogen) atoms. The van der Waals surface area contributed by atoms with Gasteiger partial charge in [0.25, 0.3) is 0 Å². The number of nitrogens with zero attached hydrogens (tertiary/aromatic N) is 1. The number of ether oxygens (including phenoxy) is 1. The van der Waals surface area contributed by atoms with Crippen molar-refractivity contribution in [3.8, 4) is 16.9 Å². The van der Waals surface area contributed by atoms with Crippen molar-refractivity contribution in [3.05, 3.63) is 88.5 Å². The Hall–Kier alpha value is -3.51. The molecule has 168 valence electrons. The number of aromatic nitrogens is 1. The number of rotatable bonds is 7. The van der Waals surface area contributed by atoms with E-state index in [9.17, 15) is 9.90 Å². The lowest BCUT2D eigenvalue weighted by molar-refractivity contribution is -0.136. The standard InChI is InChI=1S/C27H25FN2O3/c28-27-20(15-33-24-4-2-1-3-18(24)13-25(31)32)12-23(17-7-8-30-21(11-17)14-29)26-19-9-16(10-19)5-6-22(26)27/h1-8,11-12,16,19H,9-10,13-15,29H2,(H,31,32). The summed E-state index contributed by atoms with van der Waals surface area (Å²) >= 11 is 0. The maximum Gasteiger partial charge on any atom is 0.307 e. The molecule has 1 fully saturated rings. The highest BCUT2D eigenvalue weighted by Gasteiger charge is 2.35. The molecule has 1 saturated carbocycles. The van der Waals surface area contributed by atoms with E-state index in [1.54, 1.807) is 30.5 Å². The minimum absolute atomic E-state index is 0.000486. The van der Waals surface area contributed by atoms with Crippen LogP contribution in [0.25, 0.3) is 17.2 Å². The Morgan fingerprint density at radius 3 is 2.79 bits per heavy atom. The fraction of sp³-hybridized carbons (Fsp3) is 0.259. The average Bonchev–Trinajstić information content (AvgIpc) is 3.10. The molecule has 2 bridgehead atoms. The molecule has 2 aromatic carbocycles. The van der Waals surface area contributed by atoms with Crippen LogP contribution < -0.4 is 10.5 Å². The number of carboxylic acid groups (broad SMARTS) is 1. The van der Waals surface area contributed by atoms with E-state index in [-0.39, 0.29) is 18.8 Å². The van der Waals surface area contributed by atoms with E-state index in [0.29, 0.717) is 40.8 Å². The number of aliphatic carboxylic acids is 1. The van der Waals surface area contributed by atoms with E-state index < -0.39 is 5.97 Å². The summed E-state index contributed by atoms with van der Waals surface area (Å²) in [6, 6.07) is 12.7. The van der Waals surface area contributed by atoms with Gasteiger partial charge in [0.1, 0.15) is 18.2 Å². The first-order chi connectivity index (χ1) is 16.0. The van der Waals surface area contributed by atoms with Crippen LogP contribution in [-0.4, -0.2) is 16.1 Å². The van der Waals surface area contributed by atoms with Crippen molar-refractivity contribution in [2.45, 2.75) is 38.3 Å². The molecular weight excluding hydrogens is 419 g/mol. The molecule has 0 saturated heterocycles. The number of carbonyl (C=O) groups is 1. The highest BCUT2D eigenvalue weighted by atomic mass is 19.1. The van der Waals surface area contributed by atoms with E-state index in [1.807, 2.05) is 24.3 Å². The van der Waals surface area contributed by atoms with Crippen LogP contribution in [0.2, 0.25) is 0 Å². The van der Waals surface area contributed by atoms with Gasteiger partial charge in [-0.05, 0) is 65.6 Å². The summed E-state index contributed by atoms with van der Waals surface area (Å²) in [6.45, 7) is 0.332. The smallest absolute Gasteiger partial charge is 0.307 e. The van der Waals surface area contributed by atoms with Crippen LogP contribution in [0.15, 0.2) is 54.7 Å². The molecule has 0 spiro atoms. The maximum atomic E-state index is 15.7. The van der Waals surface area contributed by atoms with Gasteiger partial charge in [-0.25, -0.2) is 4.39 Å². The Kier molecular flexibility index (Phi) is 5.68. The monoisotopic (exact) mass is 444 g/mol. The number of hydrogen-bond acceptors (Lipinski definition) is 4. The Morgan fingerprint density at radius 1 is 1.18 bits per heavy atom. The molecule has 1 aromatic heterocycles. The van der Waals surface area contributed by atoms with E-state index in [4.69, 9.17) is 10.5 Å². The van der Waals surface area contributed by atoms with Gasteiger partial charge in [-0.15, -0.1) is 0 Å². The van der Waals surface area contributed by atoms with Crippen molar-refractivity contribution in [1.29, 1.82) is 0 Å². The zero-order valence-electron chi connectivity index (χ0n) is 18.1. The minimum Gasteiger partial charge on any atom is -0.488 e. The lowest BCUT2D eigenvalue weighted by Gasteiger charge is -2.34. The van der Waals surface area contributed by atoms with Gasteiger partial charge >= 0.3 is 5.97 Å². The van der Waals surface area contributed by atoms with Crippen molar-refractivity contribution in [1.82, 2.24) is 4.98 Å². The largest absolute Gasteiger partial charge is 0.488 e. The highest BCUT2D eigenvalue weighted by molar-refractivity contribution is 5.76. The SMILES string of the molecule is NCc1cc(-c2cc(COc3ccccc3CC(=O)O)c(F)c3c2C2CC(C=C3)C2)ccn1. The Labute approximate surface area is 191 Å². The Bertz CT molecular complexity index is 1250. The molecule has 0 amide bonds. The summed E-state index contributed by atoms with van der Waals surface area (Å²) in [7, 11) is 0. The topological polar surface area (TPSA) is 85.4 Å². The Morgan fingerprint density at radius 2 is 2.00 bits per heavy atom. The van der Waals surface area contributed by atoms with E-state index >= 15 is 4.39 Å². The van der Waals surface area contributed by atoms with Gasteiger partial charge in [0.2, 0.25) is 0 Å². The second kappa shape index (κ2) is 8.79. The molecule has 3 aromatic rings. The molecule has 6 heteroatoms. The third-order valence-electron chi connectivity index (χ3n) is 6.57. The van der Waals surface area contributed by atoms with Crippen molar-refractivity contribution in [3.63, 3.8) is 0 Å². The van der Waals surface area contributed by atoms with Gasteiger partial charge < -0.3 is 15.6 Å². The number of halogens is 1. The Balaban J connectivity index is 1.56. The quantitative estimate of drug-likeness (QED) is 0.531. The van der Waals surface area contributed by atoms with Gasteiger partial charge in [-0.1, -0.05) is 30.4 Å². The number of nitrogens with two attached hydrogens (primary N) is 1. The fourth-order valence-corrected chi connectivity index (χ4v) is 4.85. The molecule has 5 nitrogen and oxygen atoms in total. The van der Waals surface area contributed by atoms with Crippen LogP contribution in [0.3, 0.4) is 0 Å². The van der Waals surface area contributed by atoms with Crippen LogP contribution in [-0.2, 0) is 24.4 Å². The van der Waals surface area contributed by atoms with Crippen molar-refractivity contribution in [2.75, 3.05) is 0 Å². The molecular formula is C27H25FN2O3. The van der Waals surface area contributed by atoms with Gasteiger partial charge in [-0.3, -0.25) is 9.78 Å². The summed E-state index contributed by atoms with van der Waals surface area (Å²) in [5.74, 6) is 0.0471. The second-order valence-electron chi connectivity index (χ2n) is 8.72. The first kappa shape index (κ1) is 21.3. The van der Waals surface area contributed by atoms with Crippen LogP contribution in [0.5, 0.6) is 5.75 Å². The van der Waals surface area contributed by atoms with Crippen molar-refractivity contribution >= 4 is 12.0 Å². The molecule has 6 rings (SSSR count). The third kappa shape index (κ3) is 4.14. The normalized spacial score (nSPS) is 18.2. The predicted molar refractivity (Wildman–Crippen MR) is 124 cm³/mol. The number of para-hydroxylation sites is 1. The molecule has 0 aliphatic heterocycles. The zero-order valence-corrected chi connectivity index (χ0v) is 18.1. The molecule has 0 atom stereocenters. The number of hydrogen-bond donors (Lipinski definition) is 2. The zero-order chi connectivity index (χ0) is 22.9. The highest BCUT2D eigenvalue weighted by Crippen LogP contribution is 2.50. The van der Waals surface area contributed by atoms with E-state index in [1.165, 1.54) is 0 Å². The predicted octanol–water partition coefficient (Wildman–Crippen LogP) is 5.07. The lowest BCUT2D eigenvalue weighted by Crippen LogP contribution is -2.20. The van der Waals surface area contributed by atoms with Crippen LogP contribution in [0.1, 0.15) is 46.7 Å². The molecule has 0 radical (unpaired) electrons. The summed E-state index contributed by atoms with van der Waals surface area (Å²) in [6.07, 6.45) is 7.67. The molecule has 3 aliphatic carbocycles. The van der Waals surface area contributed by atoms with Gasteiger partial charge in [-0.2, -0.15) is 0 Å². The number of allylic oxidation sites excluding steroid dienone is 1. The molecule has 3 N–H and O–H groups in total. The molecule has 1 heterocycles. The van der Waals surface area contributed by atoms with Gasteiger partial charge in [0.15, 0.2) is 0 Å².